The van der Waals surface area contributed by atoms with Crippen LogP contribution in [0.25, 0.3) is 0 Å². The van der Waals surface area contributed by atoms with E-state index in [9.17, 15) is 14.0 Å². The van der Waals surface area contributed by atoms with Gasteiger partial charge in [0.1, 0.15) is 5.82 Å². The number of hydrogen-bond donors (Lipinski definition) is 3. The number of carbonyl (C=O) groups excluding carboxylic acids is 2. The van der Waals surface area contributed by atoms with Gasteiger partial charge in [0.15, 0.2) is 0 Å². The van der Waals surface area contributed by atoms with Crippen LogP contribution in [-0.2, 0) is 12.8 Å². The van der Waals surface area contributed by atoms with Crippen molar-refractivity contribution in [2.24, 2.45) is 11.7 Å². The molecule has 4 rings (SSSR count). The first kappa shape index (κ1) is 25.9. The molecule has 0 bridgehead atoms. The lowest BCUT2D eigenvalue weighted by molar-refractivity contribution is 0.0999. The summed E-state index contributed by atoms with van der Waals surface area (Å²) in [6.45, 7) is 2.60. The van der Waals surface area contributed by atoms with Crippen LogP contribution in [-0.4, -0.2) is 36.5 Å². The summed E-state index contributed by atoms with van der Waals surface area (Å²) in [6.07, 6.45) is 3.59. The molecule has 0 spiro atoms. The molecule has 8 heteroatoms. The maximum atomic E-state index is 13.2. The number of anilines is 2. The average Bonchev–Trinajstić information content (AvgIpc) is 2.90. The highest BCUT2D eigenvalue weighted by Crippen LogP contribution is 2.25. The van der Waals surface area contributed by atoms with E-state index in [1.54, 1.807) is 42.5 Å². The van der Waals surface area contributed by atoms with Crippen molar-refractivity contribution in [3.63, 3.8) is 0 Å². The molecule has 3 amide bonds. The lowest BCUT2D eigenvalue weighted by Crippen LogP contribution is -2.36. The van der Waals surface area contributed by atoms with Gasteiger partial charge in [-0.05, 0) is 98.3 Å². The van der Waals surface area contributed by atoms with Crippen LogP contribution in [0.5, 0.6) is 0 Å². The van der Waals surface area contributed by atoms with Crippen molar-refractivity contribution in [2.45, 2.75) is 25.7 Å². The van der Waals surface area contributed by atoms with Crippen LogP contribution in [0.15, 0.2) is 66.7 Å². The quantitative estimate of drug-likeness (QED) is 0.408. The van der Waals surface area contributed by atoms with E-state index in [4.69, 9.17) is 11.0 Å². The molecule has 1 fully saturated rings. The third kappa shape index (κ3) is 7.15. The van der Waals surface area contributed by atoms with Crippen LogP contribution in [0.1, 0.15) is 39.9 Å². The van der Waals surface area contributed by atoms with Crippen LogP contribution in [0.3, 0.4) is 0 Å². The van der Waals surface area contributed by atoms with Crippen molar-refractivity contribution < 1.29 is 14.0 Å². The van der Waals surface area contributed by atoms with Gasteiger partial charge in [-0.1, -0.05) is 24.3 Å². The van der Waals surface area contributed by atoms with Crippen molar-refractivity contribution >= 4 is 23.3 Å². The Morgan fingerprint density at radius 1 is 1.03 bits per heavy atom. The van der Waals surface area contributed by atoms with Crippen molar-refractivity contribution in [1.82, 2.24) is 4.90 Å². The molecule has 1 saturated heterocycles. The minimum absolute atomic E-state index is 0.214. The van der Waals surface area contributed by atoms with Crippen LogP contribution < -0.4 is 16.4 Å². The lowest BCUT2D eigenvalue weighted by atomic mass is 9.90. The summed E-state index contributed by atoms with van der Waals surface area (Å²) in [7, 11) is 0. The third-order valence-corrected chi connectivity index (χ3v) is 6.76. The highest BCUT2D eigenvalue weighted by atomic mass is 19.1. The van der Waals surface area contributed by atoms with E-state index < -0.39 is 11.9 Å². The third-order valence-electron chi connectivity index (χ3n) is 6.76. The monoisotopic (exact) mass is 499 g/mol. The molecule has 0 atom stereocenters. The Morgan fingerprint density at radius 2 is 1.76 bits per heavy atom. The molecule has 1 heterocycles. The standard InChI is InChI=1S/C29H30FN5O2/c30-23-9-7-20(8-10-23)17-21-11-14-35(15-12-21)16-13-25-26(28(32)36)5-2-6-27(25)34-29(37)33-24-4-1-3-22(18-24)19-31/h1-10,18,21H,11-17H2,(H2,32,36)(H2,33,34,37). The number of urea groups is 1. The number of amides is 3. The summed E-state index contributed by atoms with van der Waals surface area (Å²) in [4.78, 5) is 27.2. The van der Waals surface area contributed by atoms with Gasteiger partial charge in [-0.25, -0.2) is 9.18 Å². The van der Waals surface area contributed by atoms with Gasteiger partial charge in [0.2, 0.25) is 5.91 Å². The van der Waals surface area contributed by atoms with E-state index >= 15 is 0 Å². The second kappa shape index (κ2) is 12.2. The van der Waals surface area contributed by atoms with Gasteiger partial charge in [-0.15, -0.1) is 0 Å². The Bertz CT molecular complexity index is 1290. The number of nitrogens with zero attached hydrogens (tertiary/aromatic N) is 2. The van der Waals surface area contributed by atoms with Crippen LogP contribution in [0, 0.1) is 23.1 Å². The SMILES string of the molecule is N#Cc1cccc(NC(=O)Nc2cccc(C(N)=O)c2CCN2CCC(Cc3ccc(F)cc3)CC2)c1. The van der Waals surface area contributed by atoms with E-state index in [1.165, 1.54) is 12.1 Å². The Morgan fingerprint density at radius 3 is 2.46 bits per heavy atom. The number of nitrogens with two attached hydrogens (primary N) is 1. The summed E-state index contributed by atoms with van der Waals surface area (Å²) >= 11 is 0. The summed E-state index contributed by atoms with van der Waals surface area (Å²) in [5.41, 5.74) is 9.34. The van der Waals surface area contributed by atoms with Gasteiger partial charge in [-0.3, -0.25) is 4.79 Å². The van der Waals surface area contributed by atoms with E-state index in [0.717, 1.165) is 44.5 Å². The fraction of sp³-hybridized carbons (Fsp3) is 0.276. The van der Waals surface area contributed by atoms with Gasteiger partial charge in [0.05, 0.1) is 11.6 Å². The Balaban J connectivity index is 1.36. The first-order valence-corrected chi connectivity index (χ1v) is 12.4. The first-order valence-electron chi connectivity index (χ1n) is 12.4. The van der Waals surface area contributed by atoms with Gasteiger partial charge in [0.25, 0.3) is 0 Å². The van der Waals surface area contributed by atoms with Gasteiger partial charge in [-0.2, -0.15) is 5.26 Å². The van der Waals surface area contributed by atoms with Gasteiger partial charge >= 0.3 is 6.03 Å². The van der Waals surface area contributed by atoms with Crippen LogP contribution >= 0.6 is 0 Å². The second-order valence-corrected chi connectivity index (χ2v) is 9.33. The van der Waals surface area contributed by atoms with Crippen molar-refractivity contribution in [3.8, 4) is 6.07 Å². The van der Waals surface area contributed by atoms with E-state index in [2.05, 4.69) is 15.5 Å². The van der Waals surface area contributed by atoms with E-state index in [1.807, 2.05) is 18.2 Å². The molecule has 0 aliphatic carbocycles. The molecule has 190 valence electrons. The zero-order valence-corrected chi connectivity index (χ0v) is 20.5. The summed E-state index contributed by atoms with van der Waals surface area (Å²) < 4.78 is 13.2. The average molecular weight is 500 g/mol. The topological polar surface area (TPSA) is 111 Å². The number of hydrogen-bond acceptors (Lipinski definition) is 4. The molecule has 0 saturated carbocycles. The smallest absolute Gasteiger partial charge is 0.323 e. The number of carbonyl (C=O) groups is 2. The predicted octanol–water partition coefficient (Wildman–Crippen LogP) is 4.94. The minimum Gasteiger partial charge on any atom is -0.366 e. The molecule has 37 heavy (non-hydrogen) atoms. The largest absolute Gasteiger partial charge is 0.366 e. The number of nitrogens with one attached hydrogen (secondary N) is 2. The lowest BCUT2D eigenvalue weighted by Gasteiger charge is -2.32. The molecule has 1 aliphatic rings. The zero-order chi connectivity index (χ0) is 26.2. The highest BCUT2D eigenvalue weighted by Gasteiger charge is 2.21. The Kier molecular flexibility index (Phi) is 8.49. The zero-order valence-electron chi connectivity index (χ0n) is 20.5. The normalized spacial score (nSPS) is 14.1. The molecular weight excluding hydrogens is 469 g/mol. The van der Waals surface area contributed by atoms with Crippen molar-refractivity contribution in [2.75, 3.05) is 30.3 Å². The highest BCUT2D eigenvalue weighted by molar-refractivity contribution is 6.02. The fourth-order valence-corrected chi connectivity index (χ4v) is 4.79. The fourth-order valence-electron chi connectivity index (χ4n) is 4.79. The van der Waals surface area contributed by atoms with Gasteiger partial charge in [0, 0.05) is 23.5 Å². The molecule has 3 aromatic rings. The molecule has 0 unspecified atom stereocenters. The summed E-state index contributed by atoms with van der Waals surface area (Å²) in [5, 5.41) is 14.6. The second-order valence-electron chi connectivity index (χ2n) is 9.33. The van der Waals surface area contributed by atoms with Crippen LogP contribution in [0.2, 0.25) is 0 Å². The number of nitriles is 1. The number of halogens is 1. The van der Waals surface area contributed by atoms with Crippen molar-refractivity contribution in [1.29, 1.82) is 5.26 Å². The number of likely N-dealkylation sites (tertiary alicyclic amines) is 1. The number of primary amides is 1. The van der Waals surface area contributed by atoms with E-state index in [0.29, 0.717) is 40.4 Å². The molecule has 0 aromatic heterocycles. The number of rotatable bonds is 8. The first-order chi connectivity index (χ1) is 17.9. The van der Waals surface area contributed by atoms with Gasteiger partial charge < -0.3 is 21.3 Å². The molecule has 3 aromatic carbocycles. The number of piperidine rings is 1. The maximum Gasteiger partial charge on any atom is 0.323 e. The minimum atomic E-state index is -0.543. The Labute approximate surface area is 216 Å². The number of benzene rings is 3. The Hall–Kier alpha value is -4.22. The summed E-state index contributed by atoms with van der Waals surface area (Å²) in [6, 6.07) is 20.0. The maximum absolute atomic E-state index is 13.2. The van der Waals surface area contributed by atoms with Crippen LogP contribution in [0.4, 0.5) is 20.6 Å². The van der Waals surface area contributed by atoms with E-state index in [-0.39, 0.29) is 5.82 Å². The molecule has 0 radical (unpaired) electrons. The molecule has 1 aliphatic heterocycles. The van der Waals surface area contributed by atoms with Crippen molar-refractivity contribution in [3.05, 3.63) is 94.8 Å². The predicted molar refractivity (Wildman–Crippen MR) is 142 cm³/mol. The molecule has 4 N–H and O–H groups in total. The summed E-state index contributed by atoms with van der Waals surface area (Å²) in [5.74, 6) is -0.201. The molecular formula is C29H30FN5O2. The molecule has 7 nitrogen and oxygen atoms in total.